The van der Waals surface area contributed by atoms with E-state index < -0.39 is 41.1 Å². The molecule has 1 N–H and O–H groups in total. The molecule has 144 valence electrons. The molecule has 0 bridgehead atoms. The maximum absolute atomic E-state index is 13.2. The van der Waals surface area contributed by atoms with Gasteiger partial charge in [-0.15, -0.1) is 11.3 Å². The molecule has 1 aromatic carbocycles. The monoisotopic (exact) mass is 404 g/mol. The van der Waals surface area contributed by atoms with E-state index in [1.165, 1.54) is 23.5 Å². The number of carbonyl (C=O) groups excluding carboxylic acids is 2. The Bertz CT molecular complexity index is 984. The number of esters is 1. The number of hydrogen-bond acceptors (Lipinski definition) is 7. The SMILES string of the molecule is O=C(COC(=O)c1ccc([N+](=O)[O-])o1)NC(c1ccc(F)cc1)c1cccs1. The largest absolute Gasteiger partial charge is 0.450 e. The number of carbonyl (C=O) groups is 2. The lowest BCUT2D eigenvalue weighted by atomic mass is 10.1. The van der Waals surface area contributed by atoms with Crippen LogP contribution in [0.15, 0.2) is 58.3 Å². The van der Waals surface area contributed by atoms with Gasteiger partial charge in [0.1, 0.15) is 10.7 Å². The molecule has 0 aliphatic carbocycles. The second kappa shape index (κ2) is 8.44. The Hall–Kier alpha value is -3.53. The highest BCUT2D eigenvalue weighted by Gasteiger charge is 2.21. The van der Waals surface area contributed by atoms with Crippen molar-refractivity contribution in [2.24, 2.45) is 0 Å². The Morgan fingerprint density at radius 1 is 1.21 bits per heavy atom. The van der Waals surface area contributed by atoms with Gasteiger partial charge in [-0.05, 0) is 35.2 Å². The summed E-state index contributed by atoms with van der Waals surface area (Å²) in [5, 5.41) is 15.1. The molecular weight excluding hydrogens is 391 g/mol. The van der Waals surface area contributed by atoms with Crippen LogP contribution in [0.5, 0.6) is 0 Å². The first-order valence-corrected chi connectivity index (χ1v) is 8.81. The van der Waals surface area contributed by atoms with E-state index in [-0.39, 0.29) is 5.76 Å². The first-order valence-electron chi connectivity index (χ1n) is 7.93. The molecule has 3 rings (SSSR count). The molecule has 0 saturated heterocycles. The highest BCUT2D eigenvalue weighted by Crippen LogP contribution is 2.26. The minimum Gasteiger partial charge on any atom is -0.450 e. The molecule has 0 fully saturated rings. The lowest BCUT2D eigenvalue weighted by Crippen LogP contribution is -2.32. The predicted octanol–water partition coefficient (Wildman–Crippen LogP) is 3.45. The van der Waals surface area contributed by atoms with Gasteiger partial charge in [-0.3, -0.25) is 14.9 Å². The maximum atomic E-state index is 13.2. The smallest absolute Gasteiger partial charge is 0.433 e. The number of benzene rings is 1. The fraction of sp³-hybridized carbons (Fsp3) is 0.111. The van der Waals surface area contributed by atoms with Crippen molar-refractivity contribution in [3.63, 3.8) is 0 Å². The van der Waals surface area contributed by atoms with Gasteiger partial charge in [0.05, 0.1) is 12.1 Å². The van der Waals surface area contributed by atoms with Gasteiger partial charge in [-0.25, -0.2) is 9.18 Å². The van der Waals surface area contributed by atoms with Gasteiger partial charge < -0.3 is 14.5 Å². The molecule has 2 aromatic heterocycles. The van der Waals surface area contributed by atoms with Gasteiger partial charge in [-0.2, -0.15) is 0 Å². The number of rotatable bonds is 7. The molecule has 28 heavy (non-hydrogen) atoms. The van der Waals surface area contributed by atoms with Gasteiger partial charge in [0.15, 0.2) is 6.61 Å². The van der Waals surface area contributed by atoms with E-state index in [4.69, 9.17) is 9.15 Å². The number of nitrogens with one attached hydrogen (secondary N) is 1. The summed E-state index contributed by atoms with van der Waals surface area (Å²) in [5.74, 6) is -2.99. The summed E-state index contributed by atoms with van der Waals surface area (Å²) in [6, 6.07) is 10.8. The second-order valence-corrected chi connectivity index (χ2v) is 6.52. The standard InChI is InChI=1S/C18H13FN2O6S/c19-12-5-3-11(4-6-12)17(14-2-1-9-28-14)20-15(22)10-26-18(23)13-7-8-16(27-13)21(24)25/h1-9,17H,10H2,(H,20,22). The number of furan rings is 1. The highest BCUT2D eigenvalue weighted by atomic mass is 32.1. The Morgan fingerprint density at radius 3 is 2.57 bits per heavy atom. The molecule has 0 aliphatic rings. The normalized spacial score (nSPS) is 11.6. The third-order valence-electron chi connectivity index (χ3n) is 3.64. The van der Waals surface area contributed by atoms with Crippen molar-refractivity contribution in [1.29, 1.82) is 0 Å². The first-order chi connectivity index (χ1) is 13.4. The van der Waals surface area contributed by atoms with Gasteiger partial charge >= 0.3 is 11.9 Å². The van der Waals surface area contributed by atoms with Crippen LogP contribution in [0.2, 0.25) is 0 Å². The lowest BCUT2D eigenvalue weighted by molar-refractivity contribution is -0.402. The van der Waals surface area contributed by atoms with Crippen LogP contribution in [-0.2, 0) is 9.53 Å². The van der Waals surface area contributed by atoms with Crippen LogP contribution in [-0.4, -0.2) is 23.4 Å². The van der Waals surface area contributed by atoms with Gasteiger partial charge in [0.2, 0.25) is 5.76 Å². The summed E-state index contributed by atoms with van der Waals surface area (Å²) in [4.78, 5) is 34.7. The van der Waals surface area contributed by atoms with E-state index in [0.717, 1.165) is 17.0 Å². The first kappa shape index (κ1) is 19.2. The summed E-state index contributed by atoms with van der Waals surface area (Å²) >= 11 is 1.40. The minimum atomic E-state index is -1.00. The van der Waals surface area contributed by atoms with E-state index >= 15 is 0 Å². The Kier molecular flexibility index (Phi) is 5.80. The minimum absolute atomic E-state index is 0.382. The number of hydrogen-bond donors (Lipinski definition) is 1. The van der Waals surface area contributed by atoms with Crippen LogP contribution in [0.3, 0.4) is 0 Å². The number of nitrogens with zero attached hydrogens (tertiary/aromatic N) is 1. The summed E-state index contributed by atoms with van der Waals surface area (Å²) in [7, 11) is 0. The van der Waals surface area contributed by atoms with Crippen molar-refractivity contribution in [3.05, 3.63) is 86.0 Å². The number of ether oxygens (including phenoxy) is 1. The van der Waals surface area contributed by atoms with Crippen molar-refractivity contribution < 1.29 is 28.1 Å². The molecule has 1 amide bonds. The average Bonchev–Trinajstić information content (AvgIpc) is 3.37. The molecular formula is C18H13FN2O6S. The molecule has 10 heteroatoms. The predicted molar refractivity (Wildman–Crippen MR) is 96.3 cm³/mol. The van der Waals surface area contributed by atoms with Crippen LogP contribution in [0.4, 0.5) is 10.3 Å². The molecule has 2 heterocycles. The van der Waals surface area contributed by atoms with E-state index in [1.54, 1.807) is 12.1 Å². The Labute approximate surface area is 161 Å². The van der Waals surface area contributed by atoms with Crippen molar-refractivity contribution in [1.82, 2.24) is 5.32 Å². The van der Waals surface area contributed by atoms with Crippen molar-refractivity contribution in [2.45, 2.75) is 6.04 Å². The van der Waals surface area contributed by atoms with Crippen LogP contribution in [0, 0.1) is 15.9 Å². The topological polar surface area (TPSA) is 112 Å². The molecule has 1 unspecified atom stereocenters. The van der Waals surface area contributed by atoms with E-state index in [2.05, 4.69) is 5.32 Å². The zero-order valence-electron chi connectivity index (χ0n) is 14.2. The summed E-state index contributed by atoms with van der Waals surface area (Å²) in [6.45, 7) is -0.615. The van der Waals surface area contributed by atoms with Crippen molar-refractivity contribution in [2.75, 3.05) is 6.61 Å². The Morgan fingerprint density at radius 2 is 1.96 bits per heavy atom. The van der Waals surface area contributed by atoms with Crippen molar-refractivity contribution in [3.8, 4) is 0 Å². The number of halogens is 1. The van der Waals surface area contributed by atoms with Gasteiger partial charge in [0.25, 0.3) is 5.91 Å². The van der Waals surface area contributed by atoms with Crippen LogP contribution in [0.25, 0.3) is 0 Å². The van der Waals surface area contributed by atoms with E-state index in [9.17, 15) is 24.1 Å². The highest BCUT2D eigenvalue weighted by molar-refractivity contribution is 7.10. The number of amides is 1. The molecule has 8 nitrogen and oxygen atoms in total. The molecule has 0 spiro atoms. The van der Waals surface area contributed by atoms with Gasteiger partial charge in [0, 0.05) is 4.88 Å². The van der Waals surface area contributed by atoms with Crippen LogP contribution in [0.1, 0.15) is 27.0 Å². The quantitative estimate of drug-likeness (QED) is 0.367. The third-order valence-corrected chi connectivity index (χ3v) is 4.58. The zero-order chi connectivity index (χ0) is 20.1. The van der Waals surface area contributed by atoms with Gasteiger partial charge in [-0.1, -0.05) is 18.2 Å². The molecule has 0 radical (unpaired) electrons. The third kappa shape index (κ3) is 4.60. The summed E-state index contributed by atoms with van der Waals surface area (Å²) in [6.07, 6.45) is 0. The lowest BCUT2D eigenvalue weighted by Gasteiger charge is -2.18. The maximum Gasteiger partial charge on any atom is 0.433 e. The number of thiophene rings is 1. The summed E-state index contributed by atoms with van der Waals surface area (Å²) in [5.41, 5.74) is 0.658. The van der Waals surface area contributed by atoms with Crippen molar-refractivity contribution >= 4 is 29.1 Å². The zero-order valence-corrected chi connectivity index (χ0v) is 15.0. The molecule has 0 saturated carbocycles. The van der Waals surface area contributed by atoms with E-state index in [1.807, 2.05) is 17.5 Å². The Balaban J connectivity index is 1.64. The fourth-order valence-corrected chi connectivity index (χ4v) is 3.17. The van der Waals surface area contributed by atoms with Crippen LogP contribution >= 0.6 is 11.3 Å². The fourth-order valence-electron chi connectivity index (χ4n) is 2.37. The average molecular weight is 404 g/mol. The molecule has 0 aliphatic heterocycles. The second-order valence-electron chi connectivity index (χ2n) is 5.54. The molecule has 1 atom stereocenters. The van der Waals surface area contributed by atoms with Crippen LogP contribution < -0.4 is 5.32 Å². The van der Waals surface area contributed by atoms with E-state index in [0.29, 0.717) is 5.56 Å². The summed E-state index contributed by atoms with van der Waals surface area (Å²) < 4.78 is 22.7. The number of nitro groups is 1. The molecule has 3 aromatic rings.